The summed E-state index contributed by atoms with van der Waals surface area (Å²) < 4.78 is 0. The van der Waals surface area contributed by atoms with Crippen molar-refractivity contribution >= 4 is 11.5 Å². The Morgan fingerprint density at radius 3 is 2.42 bits per heavy atom. The molecule has 1 atom stereocenters. The highest BCUT2D eigenvalue weighted by molar-refractivity contribution is 5.63. The Bertz CT molecular complexity index is 559. The molecule has 0 saturated carbocycles. The van der Waals surface area contributed by atoms with Gasteiger partial charge >= 0.3 is 0 Å². The molecule has 19 heavy (non-hydrogen) atoms. The van der Waals surface area contributed by atoms with Gasteiger partial charge in [0.15, 0.2) is 0 Å². The lowest BCUT2D eigenvalue weighted by atomic mass is 10.1. The molecular formula is C16H21N3. The highest BCUT2D eigenvalue weighted by Gasteiger charge is 2.09. The SMILES string of the molecule is Cc1ccc(N(C)c2ccc([C@H](C)N)cn2)c(C)c1. The first-order chi connectivity index (χ1) is 8.99. The van der Waals surface area contributed by atoms with E-state index < -0.39 is 0 Å². The number of nitrogens with zero attached hydrogens (tertiary/aromatic N) is 2. The van der Waals surface area contributed by atoms with Gasteiger partial charge in [0.2, 0.25) is 0 Å². The van der Waals surface area contributed by atoms with Gasteiger partial charge in [-0.1, -0.05) is 23.8 Å². The number of hydrogen-bond donors (Lipinski definition) is 1. The summed E-state index contributed by atoms with van der Waals surface area (Å²) in [7, 11) is 2.03. The zero-order valence-electron chi connectivity index (χ0n) is 12.0. The number of anilines is 2. The minimum absolute atomic E-state index is 0.0213. The third-order valence-electron chi connectivity index (χ3n) is 3.35. The summed E-state index contributed by atoms with van der Waals surface area (Å²) >= 11 is 0. The molecule has 0 unspecified atom stereocenters. The molecule has 2 rings (SSSR count). The number of hydrogen-bond acceptors (Lipinski definition) is 3. The zero-order chi connectivity index (χ0) is 14.0. The van der Waals surface area contributed by atoms with Gasteiger partial charge in [0.1, 0.15) is 5.82 Å². The van der Waals surface area contributed by atoms with Crippen molar-refractivity contribution < 1.29 is 0 Å². The fourth-order valence-corrected chi connectivity index (χ4v) is 2.17. The predicted molar refractivity (Wildman–Crippen MR) is 80.8 cm³/mol. The van der Waals surface area contributed by atoms with Crippen LogP contribution < -0.4 is 10.6 Å². The Morgan fingerprint density at radius 2 is 1.89 bits per heavy atom. The molecule has 3 heteroatoms. The van der Waals surface area contributed by atoms with E-state index in [1.807, 2.05) is 32.3 Å². The van der Waals surface area contributed by atoms with Crippen LogP contribution in [0.15, 0.2) is 36.5 Å². The van der Waals surface area contributed by atoms with Gasteiger partial charge in [-0.15, -0.1) is 0 Å². The van der Waals surface area contributed by atoms with E-state index in [9.17, 15) is 0 Å². The molecule has 0 aliphatic heterocycles. The van der Waals surface area contributed by atoms with Crippen molar-refractivity contribution in [3.05, 3.63) is 53.2 Å². The molecule has 2 N–H and O–H groups in total. The van der Waals surface area contributed by atoms with Crippen LogP contribution in [0.3, 0.4) is 0 Å². The number of benzene rings is 1. The van der Waals surface area contributed by atoms with Gasteiger partial charge in [-0.3, -0.25) is 0 Å². The third-order valence-corrected chi connectivity index (χ3v) is 3.35. The van der Waals surface area contributed by atoms with Crippen molar-refractivity contribution in [2.24, 2.45) is 5.73 Å². The molecule has 0 amide bonds. The Hall–Kier alpha value is -1.87. The predicted octanol–water partition coefficient (Wildman–Crippen LogP) is 3.49. The van der Waals surface area contributed by atoms with Crippen molar-refractivity contribution in [1.82, 2.24) is 4.98 Å². The average Bonchev–Trinajstić information content (AvgIpc) is 2.38. The zero-order valence-corrected chi connectivity index (χ0v) is 12.0. The van der Waals surface area contributed by atoms with Crippen LogP contribution in [-0.4, -0.2) is 12.0 Å². The number of rotatable bonds is 3. The smallest absolute Gasteiger partial charge is 0.132 e. The van der Waals surface area contributed by atoms with Crippen LogP contribution in [0, 0.1) is 13.8 Å². The van der Waals surface area contributed by atoms with Crippen molar-refractivity contribution in [2.75, 3.05) is 11.9 Å². The molecule has 3 nitrogen and oxygen atoms in total. The fourth-order valence-electron chi connectivity index (χ4n) is 2.17. The molecule has 0 fully saturated rings. The van der Waals surface area contributed by atoms with E-state index in [2.05, 4.69) is 41.9 Å². The molecule has 1 heterocycles. The summed E-state index contributed by atoms with van der Waals surface area (Å²) in [5.74, 6) is 0.927. The van der Waals surface area contributed by atoms with Gasteiger partial charge < -0.3 is 10.6 Å². The summed E-state index contributed by atoms with van der Waals surface area (Å²) in [5.41, 5.74) is 10.6. The van der Waals surface area contributed by atoms with Gasteiger partial charge in [-0.2, -0.15) is 0 Å². The molecule has 0 saturated heterocycles. The van der Waals surface area contributed by atoms with E-state index in [1.54, 1.807) is 0 Å². The topological polar surface area (TPSA) is 42.1 Å². The highest BCUT2D eigenvalue weighted by atomic mass is 15.2. The van der Waals surface area contributed by atoms with E-state index in [-0.39, 0.29) is 6.04 Å². The van der Waals surface area contributed by atoms with Crippen LogP contribution in [0.2, 0.25) is 0 Å². The minimum atomic E-state index is 0.0213. The van der Waals surface area contributed by atoms with E-state index in [0.29, 0.717) is 0 Å². The quantitative estimate of drug-likeness (QED) is 0.913. The van der Waals surface area contributed by atoms with Crippen LogP contribution >= 0.6 is 0 Å². The van der Waals surface area contributed by atoms with Crippen LogP contribution in [-0.2, 0) is 0 Å². The van der Waals surface area contributed by atoms with Gasteiger partial charge in [-0.05, 0) is 44.0 Å². The van der Waals surface area contributed by atoms with E-state index in [1.165, 1.54) is 16.8 Å². The largest absolute Gasteiger partial charge is 0.329 e. The molecule has 1 aromatic heterocycles. The molecule has 0 aliphatic carbocycles. The standard InChI is InChI=1S/C16H21N3/c1-11-5-7-15(12(2)9-11)19(4)16-8-6-14(10-18-16)13(3)17/h5-10,13H,17H2,1-4H3/t13-/m0/s1. The monoisotopic (exact) mass is 255 g/mol. The fraction of sp³-hybridized carbons (Fsp3) is 0.312. The first-order valence-electron chi connectivity index (χ1n) is 6.51. The summed E-state index contributed by atoms with van der Waals surface area (Å²) in [6, 6.07) is 10.5. The molecule has 0 radical (unpaired) electrons. The van der Waals surface area contributed by atoms with Crippen LogP contribution in [0.4, 0.5) is 11.5 Å². The lowest BCUT2D eigenvalue weighted by Gasteiger charge is -2.21. The molecule has 2 aromatic rings. The van der Waals surface area contributed by atoms with Crippen molar-refractivity contribution in [1.29, 1.82) is 0 Å². The molecular weight excluding hydrogens is 234 g/mol. The second-order valence-electron chi connectivity index (χ2n) is 5.09. The Labute approximate surface area is 115 Å². The van der Waals surface area contributed by atoms with Crippen LogP contribution in [0.5, 0.6) is 0 Å². The van der Waals surface area contributed by atoms with Crippen molar-refractivity contribution in [2.45, 2.75) is 26.8 Å². The summed E-state index contributed by atoms with van der Waals surface area (Å²) in [4.78, 5) is 6.58. The van der Waals surface area contributed by atoms with E-state index in [0.717, 1.165) is 11.4 Å². The molecule has 100 valence electrons. The average molecular weight is 255 g/mol. The van der Waals surface area contributed by atoms with E-state index >= 15 is 0 Å². The van der Waals surface area contributed by atoms with Crippen LogP contribution in [0.1, 0.15) is 29.7 Å². The van der Waals surface area contributed by atoms with Gasteiger partial charge in [-0.25, -0.2) is 4.98 Å². The highest BCUT2D eigenvalue weighted by Crippen LogP contribution is 2.26. The lowest BCUT2D eigenvalue weighted by molar-refractivity contribution is 0.811. The maximum Gasteiger partial charge on any atom is 0.132 e. The van der Waals surface area contributed by atoms with Gasteiger partial charge in [0, 0.05) is 25.0 Å². The maximum atomic E-state index is 5.84. The summed E-state index contributed by atoms with van der Waals surface area (Å²) in [5, 5.41) is 0. The van der Waals surface area contributed by atoms with Gasteiger partial charge in [0.25, 0.3) is 0 Å². The number of aromatic nitrogens is 1. The normalized spacial score (nSPS) is 12.3. The molecule has 0 bridgehead atoms. The first-order valence-corrected chi connectivity index (χ1v) is 6.51. The first kappa shape index (κ1) is 13.6. The minimum Gasteiger partial charge on any atom is -0.329 e. The van der Waals surface area contributed by atoms with E-state index in [4.69, 9.17) is 5.73 Å². The van der Waals surface area contributed by atoms with Crippen LogP contribution in [0.25, 0.3) is 0 Å². The molecule has 0 spiro atoms. The Balaban J connectivity index is 2.30. The van der Waals surface area contributed by atoms with Gasteiger partial charge in [0.05, 0.1) is 0 Å². The van der Waals surface area contributed by atoms with Crippen molar-refractivity contribution in [3.63, 3.8) is 0 Å². The summed E-state index contributed by atoms with van der Waals surface area (Å²) in [6.07, 6.45) is 1.85. The van der Waals surface area contributed by atoms with Crippen molar-refractivity contribution in [3.8, 4) is 0 Å². The molecule has 0 aliphatic rings. The lowest BCUT2D eigenvalue weighted by Crippen LogP contribution is -2.13. The Kier molecular flexibility index (Phi) is 3.86. The second kappa shape index (κ2) is 5.41. The number of aryl methyl sites for hydroxylation is 2. The second-order valence-corrected chi connectivity index (χ2v) is 5.09. The maximum absolute atomic E-state index is 5.84. The summed E-state index contributed by atoms with van der Waals surface area (Å²) in [6.45, 7) is 6.19. The third kappa shape index (κ3) is 2.93. The Morgan fingerprint density at radius 1 is 1.16 bits per heavy atom. The molecule has 1 aromatic carbocycles. The number of nitrogens with two attached hydrogens (primary N) is 1. The number of pyridine rings is 1.